The highest BCUT2D eigenvalue weighted by Gasteiger charge is 2.15. The fourth-order valence-electron chi connectivity index (χ4n) is 2.45. The predicted molar refractivity (Wildman–Crippen MR) is 109 cm³/mol. The molecule has 0 saturated heterocycles. The number of nitrogens with one attached hydrogen (secondary N) is 1. The van der Waals surface area contributed by atoms with Crippen molar-refractivity contribution in [2.75, 3.05) is 0 Å². The van der Waals surface area contributed by atoms with E-state index in [0.29, 0.717) is 22.9 Å². The summed E-state index contributed by atoms with van der Waals surface area (Å²) in [5.41, 5.74) is 4.60. The monoisotopic (exact) mass is 394 g/mol. The second-order valence-corrected chi connectivity index (χ2v) is 6.47. The number of rotatable bonds is 7. The molecule has 0 aliphatic rings. The largest absolute Gasteiger partial charge is 0.489 e. The molecule has 1 atom stereocenters. The molecule has 3 aromatic carbocycles. The Morgan fingerprint density at radius 2 is 1.82 bits per heavy atom. The van der Waals surface area contributed by atoms with E-state index in [1.807, 2.05) is 48.5 Å². The molecule has 2 N–H and O–H groups in total. The average Bonchev–Trinajstić information content (AvgIpc) is 2.73. The number of benzene rings is 3. The summed E-state index contributed by atoms with van der Waals surface area (Å²) in [5.74, 6) is 0.0761. The van der Waals surface area contributed by atoms with Gasteiger partial charge in [-0.25, -0.2) is 5.43 Å². The highest BCUT2D eigenvalue weighted by molar-refractivity contribution is 6.30. The third kappa shape index (κ3) is 5.67. The minimum Gasteiger partial charge on any atom is -0.489 e. The van der Waals surface area contributed by atoms with E-state index in [9.17, 15) is 9.90 Å². The van der Waals surface area contributed by atoms with Crippen LogP contribution in [0.1, 0.15) is 22.8 Å². The van der Waals surface area contributed by atoms with Crippen molar-refractivity contribution in [1.82, 2.24) is 5.43 Å². The fraction of sp³-hybridized carbons (Fsp3) is 0.0909. The van der Waals surface area contributed by atoms with Crippen LogP contribution in [-0.2, 0) is 11.4 Å². The van der Waals surface area contributed by atoms with Crippen molar-refractivity contribution >= 4 is 23.7 Å². The van der Waals surface area contributed by atoms with Crippen LogP contribution in [0.25, 0.3) is 0 Å². The number of nitrogens with zero attached hydrogens (tertiary/aromatic N) is 1. The van der Waals surface area contributed by atoms with Crippen LogP contribution in [0.3, 0.4) is 0 Å². The van der Waals surface area contributed by atoms with Gasteiger partial charge in [0.25, 0.3) is 5.91 Å². The first-order valence-electron chi connectivity index (χ1n) is 8.65. The molecule has 142 valence electrons. The molecule has 5 nitrogen and oxygen atoms in total. The number of amides is 1. The molecule has 0 aromatic heterocycles. The minimum atomic E-state index is -1.27. The van der Waals surface area contributed by atoms with Gasteiger partial charge >= 0.3 is 0 Å². The van der Waals surface area contributed by atoms with E-state index in [1.54, 1.807) is 30.3 Å². The summed E-state index contributed by atoms with van der Waals surface area (Å²) in [6.07, 6.45) is 0.220. The maximum absolute atomic E-state index is 12.0. The lowest BCUT2D eigenvalue weighted by Gasteiger charge is -2.09. The molecular formula is C22H19ClN2O3. The number of halogens is 1. The van der Waals surface area contributed by atoms with Crippen molar-refractivity contribution in [2.24, 2.45) is 5.10 Å². The normalized spacial score (nSPS) is 11.9. The molecule has 0 aliphatic heterocycles. The number of aliphatic hydroxyl groups excluding tert-OH is 1. The van der Waals surface area contributed by atoms with Crippen LogP contribution >= 0.6 is 11.6 Å². The zero-order valence-corrected chi connectivity index (χ0v) is 15.7. The van der Waals surface area contributed by atoms with Gasteiger partial charge in [0.1, 0.15) is 12.4 Å². The van der Waals surface area contributed by atoms with Gasteiger partial charge in [-0.05, 0) is 41.0 Å². The van der Waals surface area contributed by atoms with E-state index >= 15 is 0 Å². The zero-order valence-electron chi connectivity index (χ0n) is 15.0. The Kier molecular flexibility index (Phi) is 6.78. The van der Waals surface area contributed by atoms with Crippen molar-refractivity contribution in [2.45, 2.75) is 12.7 Å². The van der Waals surface area contributed by atoms with E-state index < -0.39 is 12.0 Å². The van der Waals surface area contributed by atoms with E-state index in [0.717, 1.165) is 11.1 Å². The number of aliphatic hydroxyl groups is 1. The molecule has 28 heavy (non-hydrogen) atoms. The number of hydrazone groups is 1. The maximum atomic E-state index is 12.0. The lowest BCUT2D eigenvalue weighted by atomic mass is 10.1. The molecule has 0 bridgehead atoms. The molecule has 0 radical (unpaired) electrons. The van der Waals surface area contributed by atoms with Crippen molar-refractivity contribution in [3.63, 3.8) is 0 Å². The van der Waals surface area contributed by atoms with Gasteiger partial charge in [-0.3, -0.25) is 4.79 Å². The fourth-order valence-corrected chi connectivity index (χ4v) is 2.58. The summed E-state index contributed by atoms with van der Waals surface area (Å²) in [4.78, 5) is 12.0. The van der Waals surface area contributed by atoms with Gasteiger partial charge in [0.2, 0.25) is 0 Å². The van der Waals surface area contributed by atoms with Crippen LogP contribution in [0.5, 0.6) is 5.75 Å². The lowest BCUT2D eigenvalue weighted by Crippen LogP contribution is -2.25. The summed E-state index contributed by atoms with van der Waals surface area (Å²) in [5, 5.41) is 14.6. The van der Waals surface area contributed by atoms with Gasteiger partial charge in [-0.15, -0.1) is 0 Å². The molecule has 6 heteroatoms. The van der Waals surface area contributed by atoms with Crippen molar-refractivity contribution < 1.29 is 14.6 Å². The summed E-state index contributed by atoms with van der Waals surface area (Å²) in [6.45, 7) is 0.414. The molecule has 1 amide bonds. The number of hydrogen-bond donors (Lipinski definition) is 2. The SMILES string of the molecule is O=C(N/N=C\c1cccc(OCc2ccc(Cl)cc2)c1)[C@H](O)c1ccccc1. The summed E-state index contributed by atoms with van der Waals surface area (Å²) in [7, 11) is 0. The van der Waals surface area contributed by atoms with Gasteiger partial charge in [-0.2, -0.15) is 5.10 Å². The smallest absolute Gasteiger partial charge is 0.273 e. The molecule has 0 heterocycles. The molecule has 3 rings (SSSR count). The summed E-state index contributed by atoms with van der Waals surface area (Å²) < 4.78 is 5.76. The van der Waals surface area contributed by atoms with E-state index in [2.05, 4.69) is 10.5 Å². The van der Waals surface area contributed by atoms with Gasteiger partial charge < -0.3 is 9.84 Å². The first-order valence-corrected chi connectivity index (χ1v) is 9.03. The Bertz CT molecular complexity index is 944. The van der Waals surface area contributed by atoms with Gasteiger partial charge in [0.05, 0.1) is 6.21 Å². The molecule has 0 saturated carbocycles. The molecular weight excluding hydrogens is 376 g/mol. The topological polar surface area (TPSA) is 70.9 Å². The van der Waals surface area contributed by atoms with Crippen molar-refractivity contribution in [3.05, 3.63) is 101 Å². The number of ether oxygens (including phenoxy) is 1. The van der Waals surface area contributed by atoms with Crippen molar-refractivity contribution in [1.29, 1.82) is 0 Å². The third-order valence-corrected chi connectivity index (χ3v) is 4.18. The van der Waals surface area contributed by atoms with Gasteiger partial charge in [0.15, 0.2) is 6.10 Å². The Labute approximate surface area is 168 Å². The first-order chi connectivity index (χ1) is 13.6. The van der Waals surface area contributed by atoms with Gasteiger partial charge in [0, 0.05) is 5.02 Å². The van der Waals surface area contributed by atoms with Gasteiger partial charge in [-0.1, -0.05) is 66.2 Å². The van der Waals surface area contributed by atoms with E-state index in [1.165, 1.54) is 6.21 Å². The number of carbonyl (C=O) groups is 1. The van der Waals surface area contributed by atoms with E-state index in [4.69, 9.17) is 16.3 Å². The van der Waals surface area contributed by atoms with Crippen LogP contribution in [0.4, 0.5) is 0 Å². The third-order valence-electron chi connectivity index (χ3n) is 3.93. The number of carbonyl (C=O) groups excluding carboxylic acids is 1. The minimum absolute atomic E-state index is 0.414. The summed E-state index contributed by atoms with van der Waals surface area (Å²) >= 11 is 5.87. The average molecular weight is 395 g/mol. The standard InChI is InChI=1S/C22H19ClN2O3/c23-19-11-9-16(10-12-19)15-28-20-8-4-5-17(13-20)14-24-25-22(27)21(26)18-6-2-1-3-7-18/h1-14,21,26H,15H2,(H,25,27)/b24-14-/t21-/m1/s1. The zero-order chi connectivity index (χ0) is 19.8. The second-order valence-electron chi connectivity index (χ2n) is 6.04. The molecule has 0 fully saturated rings. The molecule has 0 aliphatic carbocycles. The Morgan fingerprint density at radius 1 is 1.07 bits per heavy atom. The highest BCUT2D eigenvalue weighted by atomic mass is 35.5. The van der Waals surface area contributed by atoms with Crippen LogP contribution < -0.4 is 10.2 Å². The van der Waals surface area contributed by atoms with Crippen LogP contribution in [0.15, 0.2) is 84.0 Å². The Balaban J connectivity index is 1.55. The summed E-state index contributed by atoms with van der Waals surface area (Å²) in [6, 6.07) is 23.4. The predicted octanol–water partition coefficient (Wildman–Crippen LogP) is 4.10. The second kappa shape index (κ2) is 9.69. The van der Waals surface area contributed by atoms with Crippen LogP contribution in [0, 0.1) is 0 Å². The Morgan fingerprint density at radius 3 is 2.57 bits per heavy atom. The first kappa shape index (κ1) is 19.6. The highest BCUT2D eigenvalue weighted by Crippen LogP contribution is 2.16. The van der Waals surface area contributed by atoms with Crippen LogP contribution in [0.2, 0.25) is 5.02 Å². The Hall–Kier alpha value is -3.15. The lowest BCUT2D eigenvalue weighted by molar-refractivity contribution is -0.129. The molecule has 3 aromatic rings. The number of hydrogen-bond acceptors (Lipinski definition) is 4. The van der Waals surface area contributed by atoms with E-state index in [-0.39, 0.29) is 0 Å². The molecule has 0 unspecified atom stereocenters. The van der Waals surface area contributed by atoms with Crippen molar-refractivity contribution in [3.8, 4) is 5.75 Å². The van der Waals surface area contributed by atoms with Crippen LogP contribution in [-0.4, -0.2) is 17.2 Å². The quantitative estimate of drug-likeness (QED) is 0.468. The molecule has 0 spiro atoms. The maximum Gasteiger partial charge on any atom is 0.273 e.